The molecule has 0 saturated heterocycles. The molecule has 0 heterocycles. The Kier molecular flexibility index (Phi) is 3.66. The lowest BCUT2D eigenvalue weighted by molar-refractivity contribution is 1.39. The van der Waals surface area contributed by atoms with Crippen LogP contribution >= 0.6 is 0 Å². The number of fused-ring (bicyclic) bond motifs is 3. The Bertz CT molecular complexity index is 537. The van der Waals surface area contributed by atoms with Crippen molar-refractivity contribution in [3.05, 3.63) is 65.2 Å². The third-order valence-corrected chi connectivity index (χ3v) is 3.18. The van der Waals surface area contributed by atoms with Gasteiger partial charge in [0.25, 0.3) is 0 Å². The average Bonchev–Trinajstić information content (AvgIpc) is 2.75. The molecule has 18 heavy (non-hydrogen) atoms. The van der Waals surface area contributed by atoms with E-state index in [2.05, 4.69) is 62.4 Å². The van der Waals surface area contributed by atoms with E-state index < -0.39 is 0 Å². The Labute approximate surface area is 110 Å². The number of hydrogen-bond donors (Lipinski definition) is 0. The van der Waals surface area contributed by atoms with Crippen LogP contribution in [0.15, 0.2) is 54.1 Å². The number of allylic oxidation sites excluding steroid dienone is 1. The summed E-state index contributed by atoms with van der Waals surface area (Å²) in [7, 11) is 0. The van der Waals surface area contributed by atoms with Gasteiger partial charge in [-0.25, -0.2) is 0 Å². The van der Waals surface area contributed by atoms with Gasteiger partial charge in [0.15, 0.2) is 0 Å². The van der Waals surface area contributed by atoms with Crippen molar-refractivity contribution < 1.29 is 0 Å². The maximum Gasteiger partial charge on any atom is -0.00990 e. The van der Waals surface area contributed by atoms with Crippen LogP contribution in [0.5, 0.6) is 0 Å². The van der Waals surface area contributed by atoms with Crippen LogP contribution in [-0.4, -0.2) is 0 Å². The van der Waals surface area contributed by atoms with E-state index in [0.717, 1.165) is 0 Å². The molecule has 0 radical (unpaired) electrons. The average molecular weight is 236 g/mol. The van der Waals surface area contributed by atoms with Gasteiger partial charge in [-0.3, -0.25) is 0 Å². The highest BCUT2D eigenvalue weighted by molar-refractivity contribution is 6.01. The van der Waals surface area contributed by atoms with Gasteiger partial charge in [0, 0.05) is 0 Å². The van der Waals surface area contributed by atoms with Gasteiger partial charge in [-0.2, -0.15) is 0 Å². The van der Waals surface area contributed by atoms with Crippen LogP contribution in [0.25, 0.3) is 16.7 Å². The lowest BCUT2D eigenvalue weighted by Gasteiger charge is -2.04. The summed E-state index contributed by atoms with van der Waals surface area (Å²) in [6.45, 7) is 8.38. The fourth-order valence-corrected chi connectivity index (χ4v) is 2.56. The van der Waals surface area contributed by atoms with Gasteiger partial charge in [-0.1, -0.05) is 68.0 Å². The maximum absolute atomic E-state index is 2.22. The highest BCUT2D eigenvalue weighted by atomic mass is 14.3. The van der Waals surface area contributed by atoms with Crippen LogP contribution in [0.1, 0.15) is 38.8 Å². The van der Waals surface area contributed by atoms with Crippen molar-refractivity contribution in [2.24, 2.45) is 0 Å². The number of rotatable bonds is 0. The fraction of sp³-hybridized carbons (Fsp3) is 0.222. The van der Waals surface area contributed by atoms with E-state index in [4.69, 9.17) is 0 Å². The predicted octanol–water partition coefficient (Wildman–Crippen LogP) is 5.53. The van der Waals surface area contributed by atoms with Crippen molar-refractivity contribution in [2.45, 2.75) is 27.7 Å². The van der Waals surface area contributed by atoms with Crippen molar-refractivity contribution in [3.8, 4) is 11.1 Å². The van der Waals surface area contributed by atoms with Crippen LogP contribution in [0.2, 0.25) is 0 Å². The largest absolute Gasteiger partial charge is 0.0683 e. The smallest absolute Gasteiger partial charge is 0.00990 e. The minimum Gasteiger partial charge on any atom is -0.0683 e. The third-order valence-electron chi connectivity index (χ3n) is 3.18. The monoisotopic (exact) mass is 236 g/mol. The van der Waals surface area contributed by atoms with Gasteiger partial charge in [-0.15, -0.1) is 0 Å². The molecule has 2 aromatic rings. The highest BCUT2D eigenvalue weighted by Crippen LogP contribution is 2.44. The molecule has 0 amide bonds. The zero-order chi connectivity index (χ0) is 13.1. The van der Waals surface area contributed by atoms with Crippen molar-refractivity contribution >= 4 is 5.57 Å². The van der Waals surface area contributed by atoms with E-state index in [1.807, 2.05) is 13.8 Å². The molecular formula is C18H20. The Morgan fingerprint density at radius 3 is 1.28 bits per heavy atom. The highest BCUT2D eigenvalue weighted by Gasteiger charge is 2.22. The molecule has 0 unspecified atom stereocenters. The second-order valence-corrected chi connectivity index (χ2v) is 4.47. The Morgan fingerprint density at radius 2 is 0.944 bits per heavy atom. The van der Waals surface area contributed by atoms with E-state index in [9.17, 15) is 0 Å². The Morgan fingerprint density at radius 1 is 0.611 bits per heavy atom. The zero-order valence-electron chi connectivity index (χ0n) is 11.6. The van der Waals surface area contributed by atoms with Gasteiger partial charge < -0.3 is 0 Å². The SMILES string of the molecule is CC.CC(C)=C1c2ccccc2-c2ccccc21. The molecule has 92 valence electrons. The molecule has 0 nitrogen and oxygen atoms in total. The lowest BCUT2D eigenvalue weighted by atomic mass is 10.00. The van der Waals surface area contributed by atoms with Crippen molar-refractivity contribution in [1.82, 2.24) is 0 Å². The van der Waals surface area contributed by atoms with Crippen LogP contribution < -0.4 is 0 Å². The van der Waals surface area contributed by atoms with Crippen LogP contribution in [0, 0.1) is 0 Å². The normalized spacial score (nSPS) is 11.2. The van der Waals surface area contributed by atoms with Gasteiger partial charge in [-0.05, 0) is 41.7 Å². The summed E-state index contributed by atoms with van der Waals surface area (Å²) in [4.78, 5) is 0. The molecule has 0 saturated carbocycles. The predicted molar refractivity (Wildman–Crippen MR) is 80.6 cm³/mol. The molecule has 1 aliphatic carbocycles. The third kappa shape index (κ3) is 1.88. The quantitative estimate of drug-likeness (QED) is 0.481. The molecule has 0 bridgehead atoms. The van der Waals surface area contributed by atoms with Gasteiger partial charge in [0.1, 0.15) is 0 Å². The molecule has 0 spiro atoms. The number of hydrogen-bond acceptors (Lipinski definition) is 0. The first-order valence-electron chi connectivity index (χ1n) is 6.65. The summed E-state index contributed by atoms with van der Waals surface area (Å²) in [5.74, 6) is 0. The number of benzene rings is 2. The summed E-state index contributed by atoms with van der Waals surface area (Å²) in [6.07, 6.45) is 0. The summed E-state index contributed by atoms with van der Waals surface area (Å²) in [6, 6.07) is 17.3. The van der Waals surface area contributed by atoms with Crippen molar-refractivity contribution in [2.75, 3.05) is 0 Å². The first-order valence-corrected chi connectivity index (χ1v) is 6.65. The summed E-state index contributed by atoms with van der Waals surface area (Å²) < 4.78 is 0. The Balaban J connectivity index is 0.000000574. The molecule has 3 rings (SSSR count). The Hall–Kier alpha value is -1.82. The van der Waals surface area contributed by atoms with Crippen LogP contribution in [-0.2, 0) is 0 Å². The van der Waals surface area contributed by atoms with Crippen LogP contribution in [0.3, 0.4) is 0 Å². The molecule has 0 aromatic heterocycles. The molecule has 0 aliphatic heterocycles. The molecule has 0 N–H and O–H groups in total. The van der Waals surface area contributed by atoms with Gasteiger partial charge in [0.05, 0.1) is 0 Å². The summed E-state index contributed by atoms with van der Waals surface area (Å²) >= 11 is 0. The molecular weight excluding hydrogens is 216 g/mol. The standard InChI is InChI=1S/C16H14.C2H6/c1-11(2)16-14-9-5-3-7-12(14)13-8-4-6-10-15(13)16;1-2/h3-10H,1-2H3;1-2H3. The van der Waals surface area contributed by atoms with Crippen molar-refractivity contribution in [1.29, 1.82) is 0 Å². The van der Waals surface area contributed by atoms with Crippen molar-refractivity contribution in [3.63, 3.8) is 0 Å². The van der Waals surface area contributed by atoms with E-state index in [0.29, 0.717) is 0 Å². The second-order valence-electron chi connectivity index (χ2n) is 4.47. The molecule has 1 aliphatic rings. The molecule has 0 atom stereocenters. The molecule has 2 aromatic carbocycles. The molecule has 0 heteroatoms. The van der Waals surface area contributed by atoms with E-state index >= 15 is 0 Å². The van der Waals surface area contributed by atoms with Gasteiger partial charge in [0.2, 0.25) is 0 Å². The topological polar surface area (TPSA) is 0 Å². The zero-order valence-corrected chi connectivity index (χ0v) is 11.6. The summed E-state index contributed by atoms with van der Waals surface area (Å²) in [5, 5.41) is 0. The van der Waals surface area contributed by atoms with Crippen LogP contribution in [0.4, 0.5) is 0 Å². The van der Waals surface area contributed by atoms with E-state index in [1.165, 1.54) is 33.4 Å². The lowest BCUT2D eigenvalue weighted by Crippen LogP contribution is -1.83. The maximum atomic E-state index is 2.22. The minimum atomic E-state index is 1.37. The molecule has 0 fully saturated rings. The summed E-state index contributed by atoms with van der Waals surface area (Å²) in [5.41, 5.74) is 8.29. The van der Waals surface area contributed by atoms with Gasteiger partial charge >= 0.3 is 0 Å². The van der Waals surface area contributed by atoms with E-state index in [-0.39, 0.29) is 0 Å². The second kappa shape index (κ2) is 5.22. The first-order chi connectivity index (χ1) is 8.79. The minimum absolute atomic E-state index is 1.37. The van der Waals surface area contributed by atoms with E-state index in [1.54, 1.807) is 0 Å². The fourth-order valence-electron chi connectivity index (χ4n) is 2.56. The first kappa shape index (κ1) is 12.6.